The average Bonchev–Trinajstić information content (AvgIpc) is 3.72. The third kappa shape index (κ3) is 5.33. The SMILES string of the molecule is CN1C2CCC1CN(c1ccc(Nc3ncc(C(F)(F)F)c(-c4cc5c(s4)C(=O)N(C4COC4)CCS5=O)n3)c(C3CC3)c1)C2. The molecule has 238 valence electrons. The molecule has 1 N–H and O–H groups in total. The average molecular weight is 659 g/mol. The second-order valence-corrected chi connectivity index (χ2v) is 15.2. The molecule has 4 fully saturated rings. The van der Waals surface area contributed by atoms with Gasteiger partial charge in [0.2, 0.25) is 5.95 Å². The molecule has 0 radical (unpaired) electrons. The zero-order valence-electron chi connectivity index (χ0n) is 24.7. The Morgan fingerprint density at radius 3 is 2.49 bits per heavy atom. The van der Waals surface area contributed by atoms with Crippen LogP contribution in [-0.4, -0.2) is 93.7 Å². The van der Waals surface area contributed by atoms with Gasteiger partial charge in [0.25, 0.3) is 5.91 Å². The summed E-state index contributed by atoms with van der Waals surface area (Å²) >= 11 is 0.904. The lowest BCUT2D eigenvalue weighted by molar-refractivity contribution is -0.137. The summed E-state index contributed by atoms with van der Waals surface area (Å²) in [5, 5.41) is 3.22. The van der Waals surface area contributed by atoms with Crippen LogP contribution in [0.4, 0.5) is 30.5 Å². The minimum Gasteiger partial charge on any atom is -0.377 e. The number of halogens is 3. The van der Waals surface area contributed by atoms with Crippen molar-refractivity contribution in [3.05, 3.63) is 46.5 Å². The zero-order chi connectivity index (χ0) is 31.0. The Balaban J connectivity index is 1.12. The fourth-order valence-electron chi connectivity index (χ4n) is 6.96. The third-order valence-electron chi connectivity index (χ3n) is 9.82. The molecule has 6 heterocycles. The summed E-state index contributed by atoms with van der Waals surface area (Å²) < 4.78 is 61.1. The predicted octanol–water partition coefficient (Wildman–Crippen LogP) is 5.09. The molecule has 2 aromatic heterocycles. The fraction of sp³-hybridized carbons (Fsp3) is 0.516. The molecule has 4 aliphatic heterocycles. The van der Waals surface area contributed by atoms with Gasteiger partial charge in [-0.15, -0.1) is 11.3 Å². The lowest BCUT2D eigenvalue weighted by Gasteiger charge is -2.40. The van der Waals surface area contributed by atoms with Gasteiger partial charge in [-0.05, 0) is 68.5 Å². The van der Waals surface area contributed by atoms with Crippen LogP contribution in [0.5, 0.6) is 0 Å². The van der Waals surface area contributed by atoms with E-state index in [1.54, 1.807) is 4.90 Å². The Labute approximate surface area is 265 Å². The quantitative estimate of drug-likeness (QED) is 0.392. The van der Waals surface area contributed by atoms with Crippen LogP contribution >= 0.6 is 11.3 Å². The zero-order valence-corrected chi connectivity index (χ0v) is 26.3. The number of thiophene rings is 1. The molecule has 3 atom stereocenters. The summed E-state index contributed by atoms with van der Waals surface area (Å²) in [6.45, 7) is 3.07. The number of hydrogen-bond acceptors (Lipinski definition) is 9. The number of ether oxygens (including phenoxy) is 1. The highest BCUT2D eigenvalue weighted by atomic mass is 32.2. The first-order valence-corrected chi connectivity index (χ1v) is 17.5. The van der Waals surface area contributed by atoms with Gasteiger partial charge in [0.15, 0.2) is 0 Å². The van der Waals surface area contributed by atoms with Crippen molar-refractivity contribution >= 4 is 45.4 Å². The first kappa shape index (κ1) is 29.3. The number of aromatic nitrogens is 2. The largest absolute Gasteiger partial charge is 0.420 e. The molecule has 2 bridgehead atoms. The molecule has 1 saturated carbocycles. The van der Waals surface area contributed by atoms with Crippen LogP contribution in [0.1, 0.15) is 52.4 Å². The summed E-state index contributed by atoms with van der Waals surface area (Å²) in [5.41, 5.74) is 1.73. The third-order valence-corrected chi connectivity index (χ3v) is 12.4. The van der Waals surface area contributed by atoms with E-state index in [9.17, 15) is 22.2 Å². The Morgan fingerprint density at radius 1 is 1.07 bits per heavy atom. The topological polar surface area (TPSA) is 90.9 Å². The Morgan fingerprint density at radius 2 is 1.82 bits per heavy atom. The molecule has 1 amide bonds. The molecular weight excluding hydrogens is 626 g/mol. The maximum Gasteiger partial charge on any atom is 0.420 e. The Bertz CT molecular complexity index is 1680. The lowest BCUT2D eigenvalue weighted by Crippen LogP contribution is -2.52. The lowest BCUT2D eigenvalue weighted by atomic mass is 10.1. The molecule has 14 heteroatoms. The molecule has 1 aromatic carbocycles. The number of nitrogens with zero attached hydrogens (tertiary/aromatic N) is 5. The number of carbonyl (C=O) groups excluding carboxylic acids is 1. The number of carbonyl (C=O) groups is 1. The van der Waals surface area contributed by atoms with E-state index >= 15 is 0 Å². The molecular formula is C31H33F3N6O3S2. The van der Waals surface area contributed by atoms with Crippen molar-refractivity contribution in [2.45, 2.75) is 60.8 Å². The maximum atomic E-state index is 14.2. The summed E-state index contributed by atoms with van der Waals surface area (Å²) in [7, 11) is 0.678. The van der Waals surface area contributed by atoms with Crippen LogP contribution in [0.15, 0.2) is 35.4 Å². The summed E-state index contributed by atoms with van der Waals surface area (Å²) in [6, 6.07) is 8.69. The van der Waals surface area contributed by atoms with Crippen molar-refractivity contribution in [1.29, 1.82) is 0 Å². The normalized spacial score (nSPS) is 25.7. The number of rotatable bonds is 6. The van der Waals surface area contributed by atoms with E-state index < -0.39 is 22.5 Å². The van der Waals surface area contributed by atoms with E-state index in [1.165, 1.54) is 24.6 Å². The van der Waals surface area contributed by atoms with Crippen molar-refractivity contribution in [3.63, 3.8) is 0 Å². The van der Waals surface area contributed by atoms with Crippen molar-refractivity contribution in [3.8, 4) is 10.6 Å². The highest BCUT2D eigenvalue weighted by Crippen LogP contribution is 2.46. The monoisotopic (exact) mass is 658 g/mol. The molecule has 3 aromatic rings. The van der Waals surface area contributed by atoms with Crippen LogP contribution in [0.25, 0.3) is 10.6 Å². The predicted molar refractivity (Wildman–Crippen MR) is 166 cm³/mol. The van der Waals surface area contributed by atoms with E-state index in [1.807, 2.05) is 6.07 Å². The van der Waals surface area contributed by atoms with E-state index in [-0.39, 0.29) is 44.0 Å². The molecule has 0 spiro atoms. The van der Waals surface area contributed by atoms with Gasteiger partial charge in [-0.25, -0.2) is 9.97 Å². The van der Waals surface area contributed by atoms with Crippen LogP contribution in [-0.2, 0) is 21.7 Å². The molecule has 45 heavy (non-hydrogen) atoms. The fourth-order valence-corrected chi connectivity index (χ4v) is 9.58. The van der Waals surface area contributed by atoms with E-state index in [0.717, 1.165) is 54.7 Å². The van der Waals surface area contributed by atoms with Crippen LogP contribution < -0.4 is 10.2 Å². The first-order valence-electron chi connectivity index (χ1n) is 15.4. The number of anilines is 3. The summed E-state index contributed by atoms with van der Waals surface area (Å²) in [6.07, 6.45) is 0.604. The van der Waals surface area contributed by atoms with Gasteiger partial charge >= 0.3 is 6.18 Å². The number of piperazine rings is 1. The van der Waals surface area contributed by atoms with Crippen LogP contribution in [0, 0.1) is 0 Å². The van der Waals surface area contributed by atoms with E-state index in [0.29, 0.717) is 37.8 Å². The highest BCUT2D eigenvalue weighted by Gasteiger charge is 2.40. The standard InChI is InChI=1S/C31H33F3N6O3S2/c1-38-19-4-5-20(38)14-39(13-19)18-6-7-24(22(10-18)17-2-3-17)36-30-35-12-23(31(32,33)34)27(37-30)25-11-26-28(44-25)29(41)40(8-9-45(26)42)21-15-43-16-21/h6-7,10-12,17,19-21H,2-5,8-9,13-16H2,1H3,(H,35,36,37). The Kier molecular flexibility index (Phi) is 7.19. The molecule has 1 aliphatic carbocycles. The van der Waals surface area contributed by atoms with E-state index in [4.69, 9.17) is 4.74 Å². The summed E-state index contributed by atoms with van der Waals surface area (Å²) in [4.78, 5) is 29.0. The number of fused-ring (bicyclic) bond motifs is 3. The minimum atomic E-state index is -4.73. The number of nitrogens with one attached hydrogen (secondary N) is 1. The van der Waals surface area contributed by atoms with Gasteiger partial charge in [-0.2, -0.15) is 13.2 Å². The number of alkyl halides is 3. The van der Waals surface area contributed by atoms with Crippen molar-refractivity contribution in [2.24, 2.45) is 0 Å². The van der Waals surface area contributed by atoms with Crippen molar-refractivity contribution < 1.29 is 26.9 Å². The van der Waals surface area contributed by atoms with Gasteiger partial charge in [0.05, 0.1) is 45.5 Å². The first-order chi connectivity index (χ1) is 21.6. The Hall–Kier alpha value is -3.07. The van der Waals surface area contributed by atoms with Gasteiger partial charge in [0.1, 0.15) is 10.4 Å². The number of benzene rings is 1. The molecule has 9 nitrogen and oxygen atoms in total. The second-order valence-electron chi connectivity index (χ2n) is 12.6. The van der Waals surface area contributed by atoms with E-state index in [2.05, 4.69) is 44.3 Å². The number of amides is 1. The number of likely N-dealkylation sites (N-methyl/N-ethyl adjacent to an activating group) is 1. The van der Waals surface area contributed by atoms with Crippen LogP contribution in [0.2, 0.25) is 0 Å². The van der Waals surface area contributed by atoms with Crippen molar-refractivity contribution in [1.82, 2.24) is 19.8 Å². The summed E-state index contributed by atoms with van der Waals surface area (Å²) in [5.74, 6) is 0.297. The van der Waals surface area contributed by atoms with Gasteiger partial charge in [0, 0.05) is 55.0 Å². The van der Waals surface area contributed by atoms with Crippen LogP contribution in [0.3, 0.4) is 0 Å². The highest BCUT2D eigenvalue weighted by molar-refractivity contribution is 7.85. The van der Waals surface area contributed by atoms with Gasteiger partial charge in [-0.1, -0.05) is 0 Å². The molecule has 3 saturated heterocycles. The van der Waals surface area contributed by atoms with Gasteiger partial charge < -0.3 is 19.9 Å². The molecule has 3 unspecified atom stereocenters. The number of hydrogen-bond donors (Lipinski definition) is 1. The maximum absolute atomic E-state index is 14.2. The molecule has 8 rings (SSSR count). The molecule has 5 aliphatic rings. The van der Waals surface area contributed by atoms with Crippen molar-refractivity contribution in [2.75, 3.05) is 55.9 Å². The van der Waals surface area contributed by atoms with Gasteiger partial charge in [-0.3, -0.25) is 13.9 Å². The minimum absolute atomic E-state index is 0.0366. The smallest absolute Gasteiger partial charge is 0.377 e. The second kappa shape index (κ2) is 11.0.